The van der Waals surface area contributed by atoms with Crippen LogP contribution in [0.1, 0.15) is 26.5 Å². The summed E-state index contributed by atoms with van der Waals surface area (Å²) in [5, 5.41) is 0. The molecule has 0 aliphatic carbocycles. The second-order valence-electron chi connectivity index (χ2n) is 4.26. The molecule has 7 heteroatoms. The molecular formula is C15H15NO6. The van der Waals surface area contributed by atoms with Crippen molar-refractivity contribution in [1.29, 1.82) is 0 Å². The Labute approximate surface area is 126 Å². The van der Waals surface area contributed by atoms with Gasteiger partial charge in [-0.1, -0.05) is 0 Å². The Balaban J connectivity index is 2.23. The van der Waals surface area contributed by atoms with Crippen LogP contribution in [0.4, 0.5) is 0 Å². The molecule has 0 aliphatic heterocycles. The first-order valence-corrected chi connectivity index (χ1v) is 6.32. The largest absolute Gasteiger partial charge is 0.497 e. The van der Waals surface area contributed by atoms with Gasteiger partial charge in [0.15, 0.2) is 5.76 Å². The van der Waals surface area contributed by atoms with E-state index in [0.717, 1.165) is 0 Å². The number of benzene rings is 1. The van der Waals surface area contributed by atoms with Gasteiger partial charge in [0.05, 0.1) is 26.0 Å². The van der Waals surface area contributed by atoms with Crippen LogP contribution in [-0.2, 0) is 11.3 Å². The van der Waals surface area contributed by atoms with Gasteiger partial charge in [0.2, 0.25) is 0 Å². The van der Waals surface area contributed by atoms with Crippen LogP contribution < -0.4 is 15.2 Å². The van der Waals surface area contributed by atoms with E-state index >= 15 is 0 Å². The lowest BCUT2D eigenvalue weighted by molar-refractivity contribution is 0.0595. The maximum absolute atomic E-state index is 11.6. The third-order valence-corrected chi connectivity index (χ3v) is 2.96. The summed E-state index contributed by atoms with van der Waals surface area (Å²) >= 11 is 0. The number of amides is 1. The van der Waals surface area contributed by atoms with Gasteiger partial charge in [-0.25, -0.2) is 4.79 Å². The van der Waals surface area contributed by atoms with E-state index in [1.165, 1.54) is 38.7 Å². The van der Waals surface area contributed by atoms with E-state index in [-0.39, 0.29) is 29.2 Å². The minimum Gasteiger partial charge on any atom is -0.497 e. The highest BCUT2D eigenvalue weighted by atomic mass is 16.5. The monoisotopic (exact) mass is 305 g/mol. The van der Waals surface area contributed by atoms with Crippen molar-refractivity contribution in [3.05, 3.63) is 47.4 Å². The van der Waals surface area contributed by atoms with Crippen molar-refractivity contribution in [1.82, 2.24) is 0 Å². The molecule has 2 aromatic rings. The molecule has 0 saturated heterocycles. The second-order valence-corrected chi connectivity index (χ2v) is 4.26. The molecule has 116 valence electrons. The van der Waals surface area contributed by atoms with Gasteiger partial charge < -0.3 is 24.4 Å². The van der Waals surface area contributed by atoms with Crippen LogP contribution >= 0.6 is 0 Å². The standard InChI is InChI=1S/C15H15NO6/c1-19-9-3-4-10(14(16)17)12(7-9)22-8-13-11(5-6-21-13)15(18)20-2/h3-7H,8H2,1-2H3,(H2,16,17). The van der Waals surface area contributed by atoms with E-state index in [1.807, 2.05) is 0 Å². The lowest BCUT2D eigenvalue weighted by Crippen LogP contribution is -2.13. The molecule has 0 atom stereocenters. The molecule has 0 radical (unpaired) electrons. The third-order valence-electron chi connectivity index (χ3n) is 2.96. The molecule has 0 bridgehead atoms. The molecule has 1 heterocycles. The summed E-state index contributed by atoms with van der Waals surface area (Å²) in [6.45, 7) is -0.0646. The minimum absolute atomic E-state index is 0.0646. The van der Waals surface area contributed by atoms with Gasteiger partial charge in [-0.15, -0.1) is 0 Å². The molecule has 1 amide bonds. The highest BCUT2D eigenvalue weighted by Gasteiger charge is 2.17. The zero-order valence-electron chi connectivity index (χ0n) is 12.1. The van der Waals surface area contributed by atoms with Crippen LogP contribution in [-0.4, -0.2) is 26.1 Å². The van der Waals surface area contributed by atoms with E-state index in [4.69, 9.17) is 19.6 Å². The molecular weight excluding hydrogens is 290 g/mol. The van der Waals surface area contributed by atoms with Gasteiger partial charge in [-0.3, -0.25) is 4.79 Å². The molecule has 1 aromatic heterocycles. The van der Waals surface area contributed by atoms with Crippen molar-refractivity contribution in [2.75, 3.05) is 14.2 Å². The average Bonchev–Trinajstić information content (AvgIpc) is 3.00. The van der Waals surface area contributed by atoms with Crippen molar-refractivity contribution in [2.45, 2.75) is 6.61 Å². The molecule has 2 N–H and O–H groups in total. The van der Waals surface area contributed by atoms with Crippen molar-refractivity contribution >= 4 is 11.9 Å². The maximum atomic E-state index is 11.6. The zero-order chi connectivity index (χ0) is 16.1. The number of esters is 1. The van der Waals surface area contributed by atoms with E-state index in [0.29, 0.717) is 5.75 Å². The fourth-order valence-electron chi connectivity index (χ4n) is 1.84. The number of ether oxygens (including phenoxy) is 3. The highest BCUT2D eigenvalue weighted by Crippen LogP contribution is 2.26. The van der Waals surface area contributed by atoms with Crippen LogP contribution in [0, 0.1) is 0 Å². The average molecular weight is 305 g/mol. The summed E-state index contributed by atoms with van der Waals surface area (Å²) in [6, 6.07) is 6.10. The van der Waals surface area contributed by atoms with Crippen LogP contribution in [0.25, 0.3) is 0 Å². The molecule has 7 nitrogen and oxygen atoms in total. The SMILES string of the molecule is COC(=O)c1ccoc1COc1cc(OC)ccc1C(N)=O. The van der Waals surface area contributed by atoms with Crippen molar-refractivity contribution in [2.24, 2.45) is 5.73 Å². The number of hydrogen-bond acceptors (Lipinski definition) is 6. The summed E-state index contributed by atoms with van der Waals surface area (Å²) in [5.41, 5.74) is 5.75. The van der Waals surface area contributed by atoms with Gasteiger partial charge >= 0.3 is 5.97 Å². The normalized spacial score (nSPS) is 10.1. The maximum Gasteiger partial charge on any atom is 0.341 e. The van der Waals surface area contributed by atoms with E-state index in [9.17, 15) is 9.59 Å². The smallest absolute Gasteiger partial charge is 0.341 e. The number of furan rings is 1. The van der Waals surface area contributed by atoms with Gasteiger partial charge in [0, 0.05) is 6.07 Å². The van der Waals surface area contributed by atoms with Gasteiger partial charge in [0.1, 0.15) is 23.7 Å². The topological polar surface area (TPSA) is 101 Å². The molecule has 0 fully saturated rings. The number of primary amides is 1. The number of carbonyl (C=O) groups is 2. The van der Waals surface area contributed by atoms with Gasteiger partial charge in [0.25, 0.3) is 5.91 Å². The fraction of sp³-hybridized carbons (Fsp3) is 0.200. The van der Waals surface area contributed by atoms with Crippen molar-refractivity contribution in [3.8, 4) is 11.5 Å². The number of methoxy groups -OCH3 is 2. The molecule has 0 unspecified atom stereocenters. The zero-order valence-corrected chi connectivity index (χ0v) is 12.1. The lowest BCUT2D eigenvalue weighted by atomic mass is 10.2. The van der Waals surface area contributed by atoms with E-state index in [2.05, 4.69) is 4.74 Å². The molecule has 1 aromatic carbocycles. The first-order valence-electron chi connectivity index (χ1n) is 6.32. The van der Waals surface area contributed by atoms with Gasteiger partial charge in [-0.05, 0) is 18.2 Å². The Morgan fingerprint density at radius 1 is 1.18 bits per heavy atom. The summed E-state index contributed by atoms with van der Waals surface area (Å²) in [4.78, 5) is 23.0. The second kappa shape index (κ2) is 6.66. The van der Waals surface area contributed by atoms with Crippen LogP contribution in [0.3, 0.4) is 0 Å². The first-order chi connectivity index (χ1) is 10.6. The van der Waals surface area contributed by atoms with Crippen molar-refractivity contribution in [3.63, 3.8) is 0 Å². The molecule has 2 rings (SSSR count). The summed E-state index contributed by atoms with van der Waals surface area (Å²) in [5.74, 6) is -0.143. The summed E-state index contributed by atoms with van der Waals surface area (Å²) in [7, 11) is 2.76. The van der Waals surface area contributed by atoms with Crippen LogP contribution in [0.15, 0.2) is 34.9 Å². The number of nitrogens with two attached hydrogens (primary N) is 1. The third kappa shape index (κ3) is 3.20. The predicted octanol–water partition coefficient (Wildman–Crippen LogP) is 1.75. The lowest BCUT2D eigenvalue weighted by Gasteiger charge is -2.10. The Kier molecular flexibility index (Phi) is 4.67. The quantitative estimate of drug-likeness (QED) is 0.816. The molecule has 22 heavy (non-hydrogen) atoms. The van der Waals surface area contributed by atoms with E-state index < -0.39 is 11.9 Å². The Morgan fingerprint density at radius 3 is 2.59 bits per heavy atom. The highest BCUT2D eigenvalue weighted by molar-refractivity contribution is 5.95. The molecule has 0 aliphatic rings. The van der Waals surface area contributed by atoms with Crippen molar-refractivity contribution < 1.29 is 28.2 Å². The first kappa shape index (κ1) is 15.4. The Bertz CT molecular complexity index is 691. The molecule has 0 spiro atoms. The summed E-state index contributed by atoms with van der Waals surface area (Å²) < 4.78 is 20.4. The Morgan fingerprint density at radius 2 is 1.95 bits per heavy atom. The minimum atomic E-state index is -0.634. The molecule has 0 saturated carbocycles. The number of carbonyl (C=O) groups excluding carboxylic acids is 2. The summed E-state index contributed by atoms with van der Waals surface area (Å²) in [6.07, 6.45) is 1.35. The van der Waals surface area contributed by atoms with Crippen LogP contribution in [0.2, 0.25) is 0 Å². The van der Waals surface area contributed by atoms with Gasteiger partial charge in [-0.2, -0.15) is 0 Å². The van der Waals surface area contributed by atoms with Crippen LogP contribution in [0.5, 0.6) is 11.5 Å². The fourth-order valence-corrected chi connectivity index (χ4v) is 1.84. The number of hydrogen-bond donors (Lipinski definition) is 1. The van der Waals surface area contributed by atoms with E-state index in [1.54, 1.807) is 6.07 Å². The number of rotatable bonds is 6. The predicted molar refractivity (Wildman–Crippen MR) is 75.9 cm³/mol. The Hall–Kier alpha value is -2.96.